The van der Waals surface area contributed by atoms with Crippen LogP contribution in [0.3, 0.4) is 0 Å². The fraction of sp³-hybridized carbons (Fsp3) is 0.600. The first-order valence-electron chi connectivity index (χ1n) is 4.09. The van der Waals surface area contributed by atoms with Gasteiger partial charge in [-0.2, -0.15) is 0 Å². The number of hydrogen-bond acceptors (Lipinski definition) is 0. The van der Waals surface area contributed by atoms with Crippen LogP contribution < -0.4 is 0 Å². The summed E-state index contributed by atoms with van der Waals surface area (Å²) >= 11 is 0. The average Bonchev–Trinajstić information content (AvgIpc) is 1.95. The van der Waals surface area contributed by atoms with Crippen molar-refractivity contribution >= 4 is 0 Å². The Labute approximate surface area is 63.6 Å². The van der Waals surface area contributed by atoms with E-state index < -0.39 is 0 Å². The predicted molar refractivity (Wildman–Crippen MR) is 45.9 cm³/mol. The van der Waals surface area contributed by atoms with Crippen molar-refractivity contribution in [2.24, 2.45) is 5.92 Å². The molecular formula is C10H16. The van der Waals surface area contributed by atoms with E-state index in [1.54, 1.807) is 5.57 Å². The maximum absolute atomic E-state index is 3.75. The highest BCUT2D eigenvalue weighted by atomic mass is 14.1. The summed E-state index contributed by atoms with van der Waals surface area (Å²) in [6.45, 7) is 5.98. The lowest BCUT2D eigenvalue weighted by atomic mass is 9.88. The summed E-state index contributed by atoms with van der Waals surface area (Å²) in [5, 5.41) is 0. The third kappa shape index (κ3) is 2.02. The minimum Gasteiger partial charge on any atom is -0.103 e. The second kappa shape index (κ2) is 3.60. The van der Waals surface area contributed by atoms with E-state index >= 15 is 0 Å². The van der Waals surface area contributed by atoms with Gasteiger partial charge in [0.25, 0.3) is 0 Å². The molecule has 1 unspecified atom stereocenters. The fourth-order valence-corrected chi connectivity index (χ4v) is 1.47. The summed E-state index contributed by atoms with van der Waals surface area (Å²) in [6, 6.07) is 0. The van der Waals surface area contributed by atoms with E-state index in [0.29, 0.717) is 0 Å². The molecule has 0 amide bonds. The summed E-state index contributed by atoms with van der Waals surface area (Å²) in [6.07, 6.45) is 9.56. The molecule has 0 heterocycles. The minimum atomic E-state index is 0.890. The Balaban J connectivity index is 2.34. The maximum Gasteiger partial charge on any atom is -0.0317 e. The van der Waals surface area contributed by atoms with Gasteiger partial charge in [0.05, 0.1) is 0 Å². The Morgan fingerprint density at radius 3 is 3.10 bits per heavy atom. The summed E-state index contributed by atoms with van der Waals surface area (Å²) in [5.74, 6) is 0.890. The van der Waals surface area contributed by atoms with E-state index in [1.807, 2.05) is 6.08 Å². The molecule has 0 fully saturated rings. The highest BCUT2D eigenvalue weighted by molar-refractivity contribution is 5.03. The van der Waals surface area contributed by atoms with E-state index in [-0.39, 0.29) is 0 Å². The van der Waals surface area contributed by atoms with Crippen LogP contribution in [0, 0.1) is 5.92 Å². The Kier molecular flexibility index (Phi) is 2.73. The second-order valence-electron chi connectivity index (χ2n) is 3.22. The summed E-state index contributed by atoms with van der Waals surface area (Å²) in [7, 11) is 0. The molecule has 0 saturated heterocycles. The van der Waals surface area contributed by atoms with Crippen LogP contribution >= 0.6 is 0 Å². The predicted octanol–water partition coefficient (Wildman–Crippen LogP) is 3.31. The Hall–Kier alpha value is -0.520. The molecule has 0 radical (unpaired) electrons. The Morgan fingerprint density at radius 1 is 1.80 bits per heavy atom. The average molecular weight is 136 g/mol. The molecule has 0 aromatic rings. The van der Waals surface area contributed by atoms with Crippen molar-refractivity contribution in [1.29, 1.82) is 0 Å². The lowest BCUT2D eigenvalue weighted by molar-refractivity contribution is 0.476. The summed E-state index contributed by atoms with van der Waals surface area (Å²) < 4.78 is 0. The summed E-state index contributed by atoms with van der Waals surface area (Å²) in [5.41, 5.74) is 1.57. The van der Waals surface area contributed by atoms with Gasteiger partial charge in [-0.3, -0.25) is 0 Å². The van der Waals surface area contributed by atoms with Gasteiger partial charge in [-0.05, 0) is 38.5 Å². The second-order valence-corrected chi connectivity index (χ2v) is 3.22. The van der Waals surface area contributed by atoms with Crippen LogP contribution in [0.4, 0.5) is 0 Å². The van der Waals surface area contributed by atoms with Crippen LogP contribution in [0.2, 0.25) is 0 Å². The van der Waals surface area contributed by atoms with Gasteiger partial charge >= 0.3 is 0 Å². The number of allylic oxidation sites excluding steroid dienone is 3. The van der Waals surface area contributed by atoms with Crippen LogP contribution in [0.25, 0.3) is 0 Å². The van der Waals surface area contributed by atoms with Crippen LogP contribution in [0.5, 0.6) is 0 Å². The molecule has 56 valence electrons. The van der Waals surface area contributed by atoms with Crippen LogP contribution in [-0.4, -0.2) is 0 Å². The first-order chi connectivity index (χ1) is 4.83. The molecule has 0 aliphatic heterocycles. The molecule has 1 aliphatic carbocycles. The minimum absolute atomic E-state index is 0.890. The highest BCUT2D eigenvalue weighted by Crippen LogP contribution is 2.25. The van der Waals surface area contributed by atoms with Crippen molar-refractivity contribution < 1.29 is 0 Å². The van der Waals surface area contributed by atoms with Gasteiger partial charge < -0.3 is 0 Å². The van der Waals surface area contributed by atoms with Crippen LogP contribution in [-0.2, 0) is 0 Å². The molecular weight excluding hydrogens is 120 g/mol. The molecule has 0 saturated carbocycles. The highest BCUT2D eigenvalue weighted by Gasteiger charge is 2.09. The molecule has 0 aromatic carbocycles. The van der Waals surface area contributed by atoms with Gasteiger partial charge in [0.2, 0.25) is 0 Å². The van der Waals surface area contributed by atoms with Gasteiger partial charge in [-0.1, -0.05) is 17.7 Å². The third-order valence-corrected chi connectivity index (χ3v) is 2.25. The van der Waals surface area contributed by atoms with Crippen LogP contribution in [0.15, 0.2) is 24.3 Å². The molecule has 1 atom stereocenters. The smallest absolute Gasteiger partial charge is 0.0317 e. The number of hydrogen-bond donors (Lipinski definition) is 0. The Bertz CT molecular complexity index is 142. The van der Waals surface area contributed by atoms with Crippen molar-refractivity contribution in [3.8, 4) is 0 Å². The number of rotatable bonds is 2. The molecule has 0 nitrogen and oxygen atoms in total. The largest absolute Gasteiger partial charge is 0.103 e. The van der Waals surface area contributed by atoms with E-state index in [0.717, 1.165) is 5.92 Å². The molecule has 0 spiro atoms. The first-order valence-corrected chi connectivity index (χ1v) is 4.09. The molecule has 10 heavy (non-hydrogen) atoms. The van der Waals surface area contributed by atoms with Crippen molar-refractivity contribution in [3.63, 3.8) is 0 Å². The molecule has 0 heteroatoms. The quantitative estimate of drug-likeness (QED) is 0.511. The molecule has 1 rings (SSSR count). The van der Waals surface area contributed by atoms with Crippen LogP contribution in [0.1, 0.15) is 32.6 Å². The van der Waals surface area contributed by atoms with Crippen molar-refractivity contribution in [3.05, 3.63) is 24.3 Å². The standard InChI is InChI=1S/C10H16/c1-3-4-10-7-5-9(2)6-8-10/h3,5,10H,1,4,6-8H2,2H3. The molecule has 0 N–H and O–H groups in total. The van der Waals surface area contributed by atoms with E-state index in [1.165, 1.54) is 25.7 Å². The molecule has 0 bridgehead atoms. The van der Waals surface area contributed by atoms with Gasteiger partial charge in [0, 0.05) is 0 Å². The maximum atomic E-state index is 3.75. The Morgan fingerprint density at radius 2 is 2.60 bits per heavy atom. The van der Waals surface area contributed by atoms with E-state index in [2.05, 4.69) is 19.6 Å². The lowest BCUT2D eigenvalue weighted by Gasteiger charge is -2.18. The SMILES string of the molecule is C=CCC1CC=C(C)CC1. The lowest BCUT2D eigenvalue weighted by Crippen LogP contribution is -2.02. The van der Waals surface area contributed by atoms with E-state index in [4.69, 9.17) is 0 Å². The van der Waals surface area contributed by atoms with Gasteiger partial charge in [-0.25, -0.2) is 0 Å². The zero-order valence-electron chi connectivity index (χ0n) is 6.77. The third-order valence-electron chi connectivity index (χ3n) is 2.25. The van der Waals surface area contributed by atoms with Gasteiger partial charge in [0.15, 0.2) is 0 Å². The molecule has 1 aliphatic rings. The zero-order chi connectivity index (χ0) is 7.40. The van der Waals surface area contributed by atoms with Crippen molar-refractivity contribution in [2.75, 3.05) is 0 Å². The normalized spacial score (nSPS) is 25.7. The first kappa shape index (κ1) is 7.59. The zero-order valence-corrected chi connectivity index (χ0v) is 6.77. The molecule has 0 aromatic heterocycles. The van der Waals surface area contributed by atoms with Crippen molar-refractivity contribution in [1.82, 2.24) is 0 Å². The monoisotopic (exact) mass is 136 g/mol. The fourth-order valence-electron chi connectivity index (χ4n) is 1.47. The van der Waals surface area contributed by atoms with Crippen molar-refractivity contribution in [2.45, 2.75) is 32.6 Å². The van der Waals surface area contributed by atoms with Gasteiger partial charge in [-0.15, -0.1) is 6.58 Å². The topological polar surface area (TPSA) is 0 Å². The summed E-state index contributed by atoms with van der Waals surface area (Å²) in [4.78, 5) is 0. The van der Waals surface area contributed by atoms with E-state index in [9.17, 15) is 0 Å². The van der Waals surface area contributed by atoms with Gasteiger partial charge in [0.1, 0.15) is 0 Å².